The lowest BCUT2D eigenvalue weighted by Crippen LogP contribution is -2.30. The fourth-order valence-electron chi connectivity index (χ4n) is 3.45. The van der Waals surface area contributed by atoms with Crippen molar-refractivity contribution >= 4 is 22.6 Å². The summed E-state index contributed by atoms with van der Waals surface area (Å²) in [4.78, 5) is 23.4. The van der Waals surface area contributed by atoms with Crippen molar-refractivity contribution < 1.29 is 18.0 Å². The van der Waals surface area contributed by atoms with Crippen LogP contribution in [0.3, 0.4) is 0 Å². The molecule has 1 heterocycles. The molecule has 0 unspecified atom stereocenters. The predicted molar refractivity (Wildman–Crippen MR) is 123 cm³/mol. The molecule has 33 heavy (non-hydrogen) atoms. The van der Waals surface area contributed by atoms with Gasteiger partial charge in [-0.05, 0) is 42.9 Å². The number of benzene rings is 2. The summed E-state index contributed by atoms with van der Waals surface area (Å²) in [5.74, 6) is 0.846. The number of amides is 1. The molecule has 2 N–H and O–H groups in total. The van der Waals surface area contributed by atoms with E-state index in [9.17, 15) is 18.0 Å². The number of carbonyl (C=O) groups is 1. The average Bonchev–Trinajstić information content (AvgIpc) is 2.81. The minimum Gasteiger partial charge on any atom is -0.365 e. The molecule has 6 nitrogen and oxygen atoms in total. The first-order chi connectivity index (χ1) is 15.8. The van der Waals surface area contributed by atoms with Gasteiger partial charge in [-0.25, -0.2) is 9.97 Å². The van der Waals surface area contributed by atoms with Gasteiger partial charge in [0.1, 0.15) is 5.82 Å². The van der Waals surface area contributed by atoms with Crippen LogP contribution < -0.4 is 10.6 Å². The van der Waals surface area contributed by atoms with Crippen molar-refractivity contribution in [2.24, 2.45) is 0 Å². The molecule has 0 spiro atoms. The van der Waals surface area contributed by atoms with Crippen LogP contribution in [-0.2, 0) is 24.1 Å². The molecule has 9 heteroatoms. The van der Waals surface area contributed by atoms with E-state index < -0.39 is 11.7 Å². The van der Waals surface area contributed by atoms with Crippen LogP contribution in [0.1, 0.15) is 37.2 Å². The molecular formula is C24H28F3N5O. The molecule has 0 radical (unpaired) electrons. The quantitative estimate of drug-likeness (QED) is 0.463. The highest BCUT2D eigenvalue weighted by molar-refractivity contribution is 5.89. The number of hydrogen-bond acceptors (Lipinski definition) is 5. The van der Waals surface area contributed by atoms with Gasteiger partial charge in [-0.2, -0.15) is 13.2 Å². The summed E-state index contributed by atoms with van der Waals surface area (Å²) in [6.07, 6.45) is -4.01. The Morgan fingerprint density at radius 1 is 1.00 bits per heavy atom. The van der Waals surface area contributed by atoms with E-state index in [1.54, 1.807) is 6.07 Å². The van der Waals surface area contributed by atoms with Crippen LogP contribution in [0.15, 0.2) is 48.5 Å². The summed E-state index contributed by atoms with van der Waals surface area (Å²) in [5.41, 5.74) is 0.479. The van der Waals surface area contributed by atoms with Crippen LogP contribution in [0.4, 0.5) is 19.0 Å². The molecular weight excluding hydrogens is 431 g/mol. The molecule has 176 valence electrons. The van der Waals surface area contributed by atoms with Gasteiger partial charge in [0.05, 0.1) is 17.6 Å². The summed E-state index contributed by atoms with van der Waals surface area (Å²) in [6, 6.07) is 12.5. The third kappa shape index (κ3) is 6.89. The molecule has 3 aromatic rings. The van der Waals surface area contributed by atoms with E-state index in [2.05, 4.69) is 39.3 Å². The molecule has 0 fully saturated rings. The third-order valence-electron chi connectivity index (χ3n) is 5.36. The second-order valence-corrected chi connectivity index (χ2v) is 7.61. The molecule has 0 saturated carbocycles. The third-order valence-corrected chi connectivity index (χ3v) is 5.36. The number of fused-ring (bicyclic) bond motifs is 1. The van der Waals surface area contributed by atoms with Gasteiger partial charge in [0.2, 0.25) is 5.91 Å². The number of nitrogens with one attached hydrogen (secondary N) is 2. The van der Waals surface area contributed by atoms with E-state index in [0.29, 0.717) is 35.7 Å². The average molecular weight is 460 g/mol. The summed E-state index contributed by atoms with van der Waals surface area (Å²) in [5, 5.41) is 6.73. The number of hydrogen-bond donors (Lipinski definition) is 2. The molecule has 1 aromatic heterocycles. The number of para-hydroxylation sites is 1. The van der Waals surface area contributed by atoms with Crippen molar-refractivity contribution in [3.05, 3.63) is 65.5 Å². The summed E-state index contributed by atoms with van der Waals surface area (Å²) in [7, 11) is 0. The van der Waals surface area contributed by atoms with Gasteiger partial charge in [-0.1, -0.05) is 38.1 Å². The molecule has 0 saturated heterocycles. The van der Waals surface area contributed by atoms with Gasteiger partial charge in [0, 0.05) is 24.9 Å². The van der Waals surface area contributed by atoms with Crippen LogP contribution in [-0.4, -0.2) is 40.4 Å². The number of rotatable bonds is 10. The first kappa shape index (κ1) is 24.4. The lowest BCUT2D eigenvalue weighted by Gasteiger charge is -2.17. The molecule has 3 rings (SSSR count). The Morgan fingerprint density at radius 3 is 2.48 bits per heavy atom. The van der Waals surface area contributed by atoms with Crippen molar-refractivity contribution in [3.63, 3.8) is 0 Å². The maximum Gasteiger partial charge on any atom is 0.416 e. The molecule has 0 aliphatic rings. The van der Waals surface area contributed by atoms with Gasteiger partial charge in [0.15, 0.2) is 5.82 Å². The van der Waals surface area contributed by atoms with Gasteiger partial charge in [-0.3, -0.25) is 4.79 Å². The van der Waals surface area contributed by atoms with Crippen LogP contribution in [0.25, 0.3) is 10.9 Å². The zero-order valence-corrected chi connectivity index (χ0v) is 18.7. The Hall–Kier alpha value is -3.20. The van der Waals surface area contributed by atoms with Gasteiger partial charge < -0.3 is 15.5 Å². The van der Waals surface area contributed by atoms with Crippen LogP contribution in [0.2, 0.25) is 0 Å². The molecule has 0 bridgehead atoms. The van der Waals surface area contributed by atoms with Crippen molar-refractivity contribution in [2.45, 2.75) is 39.5 Å². The first-order valence-electron chi connectivity index (χ1n) is 10.9. The van der Waals surface area contributed by atoms with E-state index in [1.807, 2.05) is 24.3 Å². The standard InChI is InChI=1S/C24H28F3N5O/c1-3-32(4-2)13-12-22(33)28-16-21-30-20-11-6-5-10-19(20)23(31-21)29-15-17-8-7-9-18(14-17)24(25,26)27/h5-11,14H,3-4,12-13,15-16H2,1-2H3,(H,28,33)(H,29,30,31). The second kappa shape index (κ2) is 11.1. The smallest absolute Gasteiger partial charge is 0.365 e. The summed E-state index contributed by atoms with van der Waals surface area (Å²) >= 11 is 0. The van der Waals surface area contributed by atoms with Crippen molar-refractivity contribution in [1.29, 1.82) is 0 Å². The first-order valence-corrected chi connectivity index (χ1v) is 10.9. The molecule has 0 atom stereocenters. The lowest BCUT2D eigenvalue weighted by molar-refractivity contribution is -0.137. The minimum absolute atomic E-state index is 0.0860. The Morgan fingerprint density at radius 2 is 1.76 bits per heavy atom. The largest absolute Gasteiger partial charge is 0.416 e. The van der Waals surface area contributed by atoms with Crippen LogP contribution in [0.5, 0.6) is 0 Å². The van der Waals surface area contributed by atoms with Gasteiger partial charge in [0.25, 0.3) is 0 Å². The number of halogens is 3. The van der Waals surface area contributed by atoms with E-state index >= 15 is 0 Å². The Kier molecular flexibility index (Phi) is 8.21. The van der Waals surface area contributed by atoms with E-state index in [0.717, 1.165) is 30.6 Å². The number of anilines is 1. The number of carbonyl (C=O) groups excluding carboxylic acids is 1. The highest BCUT2D eigenvalue weighted by Crippen LogP contribution is 2.30. The topological polar surface area (TPSA) is 70.2 Å². The van der Waals surface area contributed by atoms with Crippen molar-refractivity contribution in [2.75, 3.05) is 25.0 Å². The van der Waals surface area contributed by atoms with Crippen LogP contribution >= 0.6 is 0 Å². The zero-order valence-electron chi connectivity index (χ0n) is 18.7. The predicted octanol–water partition coefficient (Wildman–Crippen LogP) is 4.61. The molecule has 0 aliphatic heterocycles. The molecule has 1 amide bonds. The Balaban J connectivity index is 1.71. The molecule has 0 aliphatic carbocycles. The Labute approximate surface area is 191 Å². The summed E-state index contributed by atoms with van der Waals surface area (Å²) in [6.45, 7) is 6.90. The highest BCUT2D eigenvalue weighted by Gasteiger charge is 2.30. The number of alkyl halides is 3. The lowest BCUT2D eigenvalue weighted by atomic mass is 10.1. The zero-order chi connectivity index (χ0) is 23.8. The number of aromatic nitrogens is 2. The molecule has 2 aromatic carbocycles. The van der Waals surface area contributed by atoms with E-state index in [4.69, 9.17) is 0 Å². The normalized spacial score (nSPS) is 11.7. The van der Waals surface area contributed by atoms with Crippen LogP contribution in [0, 0.1) is 0 Å². The SMILES string of the molecule is CCN(CC)CCC(=O)NCc1nc(NCc2cccc(C(F)(F)F)c2)c2ccccc2n1. The number of nitrogens with zero attached hydrogens (tertiary/aromatic N) is 3. The van der Waals surface area contributed by atoms with Crippen molar-refractivity contribution in [1.82, 2.24) is 20.2 Å². The van der Waals surface area contributed by atoms with E-state index in [-0.39, 0.29) is 19.0 Å². The highest BCUT2D eigenvalue weighted by atomic mass is 19.4. The second-order valence-electron chi connectivity index (χ2n) is 7.61. The van der Waals surface area contributed by atoms with Gasteiger partial charge >= 0.3 is 6.18 Å². The van der Waals surface area contributed by atoms with Gasteiger partial charge in [-0.15, -0.1) is 0 Å². The fourth-order valence-corrected chi connectivity index (χ4v) is 3.45. The maximum atomic E-state index is 13.0. The van der Waals surface area contributed by atoms with E-state index in [1.165, 1.54) is 6.07 Å². The van der Waals surface area contributed by atoms with Crippen molar-refractivity contribution in [3.8, 4) is 0 Å². The monoisotopic (exact) mass is 459 g/mol. The fraction of sp³-hybridized carbons (Fsp3) is 0.375. The Bertz CT molecular complexity index is 1080. The summed E-state index contributed by atoms with van der Waals surface area (Å²) < 4.78 is 39.0. The maximum absolute atomic E-state index is 13.0. The minimum atomic E-state index is -4.39.